The van der Waals surface area contributed by atoms with Crippen LogP contribution in [0.15, 0.2) is 36.0 Å². The van der Waals surface area contributed by atoms with Crippen LogP contribution in [0.3, 0.4) is 0 Å². The number of nitrogens with zero attached hydrogens (tertiary/aromatic N) is 4. The number of hydrogen-bond donors (Lipinski definition) is 0. The van der Waals surface area contributed by atoms with Crippen LogP contribution in [-0.2, 0) is 4.74 Å². The number of fused-ring (bicyclic) bond motifs is 1. The fourth-order valence-electron chi connectivity index (χ4n) is 3.07. The molecule has 0 spiro atoms. The van der Waals surface area contributed by atoms with Crippen LogP contribution in [0, 0.1) is 0 Å². The lowest BCUT2D eigenvalue weighted by molar-refractivity contribution is 0.122. The monoisotopic (exact) mass is 368 g/mol. The predicted molar refractivity (Wildman–Crippen MR) is 97.7 cm³/mol. The van der Waals surface area contributed by atoms with E-state index in [4.69, 9.17) is 19.2 Å². The van der Waals surface area contributed by atoms with Gasteiger partial charge in [0.05, 0.1) is 13.2 Å². The fraction of sp³-hybridized carbons (Fsp3) is 0.278. The van der Waals surface area contributed by atoms with Gasteiger partial charge in [-0.25, -0.2) is 15.0 Å². The van der Waals surface area contributed by atoms with Crippen LogP contribution in [0.2, 0.25) is 0 Å². The summed E-state index contributed by atoms with van der Waals surface area (Å²) in [6.45, 7) is 3.23. The molecule has 0 bridgehead atoms. The van der Waals surface area contributed by atoms with Crippen LogP contribution in [0.4, 0.5) is 5.95 Å². The van der Waals surface area contributed by atoms with Crippen molar-refractivity contribution in [2.24, 2.45) is 0 Å². The van der Waals surface area contributed by atoms with Crippen LogP contribution in [0.5, 0.6) is 11.5 Å². The number of benzene rings is 1. The Morgan fingerprint density at radius 3 is 2.77 bits per heavy atom. The maximum absolute atomic E-state index is 5.51. The molecule has 2 aliphatic rings. The minimum absolute atomic E-state index is 0.255. The quantitative estimate of drug-likeness (QED) is 0.704. The minimum Gasteiger partial charge on any atom is -0.454 e. The first-order valence-corrected chi connectivity index (χ1v) is 9.26. The Labute approximate surface area is 154 Å². The zero-order chi connectivity index (χ0) is 17.3. The average molecular weight is 368 g/mol. The van der Waals surface area contributed by atoms with Crippen molar-refractivity contribution < 1.29 is 14.2 Å². The van der Waals surface area contributed by atoms with Crippen molar-refractivity contribution in [3.05, 3.63) is 36.0 Å². The van der Waals surface area contributed by atoms with Gasteiger partial charge in [0.25, 0.3) is 0 Å². The SMILES string of the molecule is c1csc(-c2nc(N3CCOCC3)ncc2-c2ccc3c(c2)OCO3)n1. The molecule has 0 N–H and O–H groups in total. The van der Waals surface area contributed by atoms with Crippen LogP contribution < -0.4 is 14.4 Å². The molecule has 0 aliphatic carbocycles. The summed E-state index contributed by atoms with van der Waals surface area (Å²) in [5.41, 5.74) is 2.73. The summed E-state index contributed by atoms with van der Waals surface area (Å²) < 4.78 is 16.3. The van der Waals surface area contributed by atoms with E-state index in [1.807, 2.05) is 29.8 Å². The molecule has 0 amide bonds. The van der Waals surface area contributed by atoms with E-state index in [1.165, 1.54) is 0 Å². The van der Waals surface area contributed by atoms with Gasteiger partial charge in [-0.3, -0.25) is 0 Å². The molecule has 1 aromatic carbocycles. The molecule has 2 aromatic heterocycles. The molecule has 26 heavy (non-hydrogen) atoms. The normalized spacial score (nSPS) is 16.1. The second-order valence-electron chi connectivity index (χ2n) is 5.94. The summed E-state index contributed by atoms with van der Waals surface area (Å²) in [4.78, 5) is 16.1. The summed E-state index contributed by atoms with van der Waals surface area (Å²) in [6.07, 6.45) is 3.66. The van der Waals surface area contributed by atoms with Gasteiger partial charge in [-0.05, 0) is 17.7 Å². The zero-order valence-electron chi connectivity index (χ0n) is 13.9. The Balaban J connectivity index is 1.60. The molecule has 0 saturated carbocycles. The standard InChI is InChI=1S/C18H16N4O3S/c1-2-14-15(25-11-24-14)9-12(1)13-10-20-18(22-4-6-23-7-5-22)21-16(13)17-19-3-8-26-17/h1-3,8-10H,4-7,11H2. The van der Waals surface area contributed by atoms with E-state index >= 15 is 0 Å². The molecule has 1 saturated heterocycles. The molecule has 4 heterocycles. The van der Waals surface area contributed by atoms with Gasteiger partial charge in [0, 0.05) is 36.4 Å². The van der Waals surface area contributed by atoms with Gasteiger partial charge in [-0.15, -0.1) is 11.3 Å². The molecule has 1 fully saturated rings. The number of thiazole rings is 1. The second kappa shape index (κ2) is 6.54. The highest BCUT2D eigenvalue weighted by molar-refractivity contribution is 7.13. The zero-order valence-corrected chi connectivity index (χ0v) is 14.7. The molecule has 132 valence electrons. The molecule has 0 atom stereocenters. The van der Waals surface area contributed by atoms with Crippen molar-refractivity contribution in [2.45, 2.75) is 0 Å². The number of ether oxygens (including phenoxy) is 3. The van der Waals surface area contributed by atoms with Crippen molar-refractivity contribution in [3.63, 3.8) is 0 Å². The smallest absolute Gasteiger partial charge is 0.231 e. The van der Waals surface area contributed by atoms with E-state index in [0.29, 0.717) is 19.2 Å². The number of rotatable bonds is 3. The minimum atomic E-state index is 0.255. The Kier molecular flexibility index (Phi) is 3.91. The first-order chi connectivity index (χ1) is 12.9. The summed E-state index contributed by atoms with van der Waals surface area (Å²) in [5, 5.41) is 2.82. The lowest BCUT2D eigenvalue weighted by atomic mass is 10.1. The third-order valence-electron chi connectivity index (χ3n) is 4.39. The van der Waals surface area contributed by atoms with Gasteiger partial charge in [0.2, 0.25) is 12.7 Å². The Hall–Kier alpha value is -2.71. The summed E-state index contributed by atoms with van der Waals surface area (Å²) in [6, 6.07) is 5.88. The lowest BCUT2D eigenvalue weighted by Gasteiger charge is -2.27. The molecule has 7 nitrogen and oxygen atoms in total. The Morgan fingerprint density at radius 1 is 1.04 bits per heavy atom. The second-order valence-corrected chi connectivity index (χ2v) is 6.83. The largest absolute Gasteiger partial charge is 0.454 e. The highest BCUT2D eigenvalue weighted by atomic mass is 32.1. The van der Waals surface area contributed by atoms with Crippen molar-refractivity contribution in [2.75, 3.05) is 38.0 Å². The topological polar surface area (TPSA) is 69.6 Å². The van der Waals surface area contributed by atoms with E-state index in [-0.39, 0.29) is 6.79 Å². The van der Waals surface area contributed by atoms with Gasteiger partial charge >= 0.3 is 0 Å². The van der Waals surface area contributed by atoms with Crippen LogP contribution >= 0.6 is 11.3 Å². The summed E-state index contributed by atoms with van der Waals surface area (Å²) in [7, 11) is 0. The highest BCUT2D eigenvalue weighted by Gasteiger charge is 2.20. The van der Waals surface area contributed by atoms with Crippen LogP contribution in [0.1, 0.15) is 0 Å². The van der Waals surface area contributed by atoms with Crippen LogP contribution in [-0.4, -0.2) is 48.0 Å². The first kappa shape index (κ1) is 15.5. The van der Waals surface area contributed by atoms with Crippen LogP contribution in [0.25, 0.3) is 21.8 Å². The van der Waals surface area contributed by atoms with E-state index < -0.39 is 0 Å². The number of morpholine rings is 1. The third kappa shape index (κ3) is 2.77. The maximum Gasteiger partial charge on any atom is 0.231 e. The molecule has 8 heteroatoms. The van der Waals surface area contributed by atoms with Gasteiger partial charge in [0.1, 0.15) is 10.7 Å². The highest BCUT2D eigenvalue weighted by Crippen LogP contribution is 2.39. The average Bonchev–Trinajstić information content (AvgIpc) is 3.39. The van der Waals surface area contributed by atoms with Gasteiger partial charge in [-0.1, -0.05) is 6.07 Å². The number of hydrogen-bond acceptors (Lipinski definition) is 8. The van der Waals surface area contributed by atoms with E-state index in [1.54, 1.807) is 17.5 Å². The van der Waals surface area contributed by atoms with E-state index in [0.717, 1.165) is 46.4 Å². The lowest BCUT2D eigenvalue weighted by Crippen LogP contribution is -2.37. The Bertz CT molecular complexity index is 926. The van der Waals surface area contributed by atoms with Crippen molar-refractivity contribution >= 4 is 17.3 Å². The number of aromatic nitrogens is 3. The maximum atomic E-state index is 5.51. The molecular weight excluding hydrogens is 352 g/mol. The Morgan fingerprint density at radius 2 is 1.92 bits per heavy atom. The molecular formula is C18H16N4O3S. The molecule has 0 radical (unpaired) electrons. The third-order valence-corrected chi connectivity index (χ3v) is 5.17. The summed E-state index contributed by atoms with van der Waals surface area (Å²) in [5.74, 6) is 2.21. The molecule has 0 unspecified atom stereocenters. The predicted octanol–water partition coefficient (Wildman–Crippen LogP) is 2.83. The first-order valence-electron chi connectivity index (χ1n) is 8.38. The summed E-state index contributed by atoms with van der Waals surface area (Å²) >= 11 is 1.57. The fourth-order valence-corrected chi connectivity index (χ4v) is 3.71. The molecule has 5 rings (SSSR count). The molecule has 2 aliphatic heterocycles. The van der Waals surface area contributed by atoms with Crippen molar-refractivity contribution in [3.8, 4) is 33.3 Å². The number of anilines is 1. The van der Waals surface area contributed by atoms with E-state index in [9.17, 15) is 0 Å². The molecule has 3 aromatic rings. The van der Waals surface area contributed by atoms with Gasteiger partial charge in [-0.2, -0.15) is 0 Å². The van der Waals surface area contributed by atoms with Gasteiger partial charge in [0.15, 0.2) is 11.5 Å². The van der Waals surface area contributed by atoms with E-state index in [2.05, 4.69) is 14.9 Å². The van der Waals surface area contributed by atoms with Gasteiger partial charge < -0.3 is 19.1 Å². The van der Waals surface area contributed by atoms with Crippen molar-refractivity contribution in [1.82, 2.24) is 15.0 Å². The van der Waals surface area contributed by atoms with Crippen molar-refractivity contribution in [1.29, 1.82) is 0 Å².